The molecule has 0 atom stereocenters. The van der Waals surface area contributed by atoms with Crippen LogP contribution in [0.2, 0.25) is 0 Å². The van der Waals surface area contributed by atoms with Gasteiger partial charge in [-0.3, -0.25) is 24.0 Å². The van der Waals surface area contributed by atoms with Gasteiger partial charge in [-0.1, -0.05) is 6.07 Å². The van der Waals surface area contributed by atoms with Crippen LogP contribution in [0.5, 0.6) is 0 Å². The largest absolute Gasteiger partial charge is 0.328 e. The predicted octanol–water partition coefficient (Wildman–Crippen LogP) is 1.04. The second-order valence-corrected chi connectivity index (χ2v) is 8.71. The molecule has 0 fully saturated rings. The number of nitro benzene ring substituents is 1. The molecule has 1 heterocycles. The molecule has 0 bridgehead atoms. The number of non-ortho nitro benzene ring substituents is 1. The Morgan fingerprint density at radius 2 is 1.80 bits per heavy atom. The number of nitro groups is 1. The number of hydrogen-bond donors (Lipinski definition) is 1. The van der Waals surface area contributed by atoms with Gasteiger partial charge in [0, 0.05) is 39.0 Å². The van der Waals surface area contributed by atoms with Gasteiger partial charge in [0.25, 0.3) is 5.69 Å². The number of rotatable bonds is 6. The first kappa shape index (κ1) is 21.2. The molecule has 0 aliphatic rings. The summed E-state index contributed by atoms with van der Waals surface area (Å²) in [6.45, 7) is -0.503. The molecule has 1 amide bonds. The van der Waals surface area contributed by atoms with Crippen molar-refractivity contribution in [3.63, 3.8) is 0 Å². The van der Waals surface area contributed by atoms with Gasteiger partial charge in [0.2, 0.25) is 15.9 Å². The van der Waals surface area contributed by atoms with E-state index < -0.39 is 27.4 Å². The van der Waals surface area contributed by atoms with Crippen molar-refractivity contribution >= 4 is 38.3 Å². The minimum atomic E-state index is -4.02. The average Bonchev–Trinajstić information content (AvgIpc) is 2.91. The van der Waals surface area contributed by atoms with Gasteiger partial charge in [-0.25, -0.2) is 13.2 Å². The highest BCUT2D eigenvalue weighted by Crippen LogP contribution is 2.21. The van der Waals surface area contributed by atoms with Crippen LogP contribution in [0.4, 0.5) is 11.4 Å². The fraction of sp³-hybridized carbons (Fsp3) is 0.222. The number of benzene rings is 2. The standard InChI is InChI=1S/C18H19N5O6S/c1-20(11-17(24)19-12-5-4-6-13(9-12)23(26)27)30(28,29)14-7-8-15-16(10-14)22(3)18(25)21(15)2/h4-10H,11H2,1-3H3,(H,19,24). The van der Waals surface area contributed by atoms with Gasteiger partial charge in [0.15, 0.2) is 0 Å². The third-order valence-electron chi connectivity index (χ3n) is 4.66. The highest BCUT2D eigenvalue weighted by atomic mass is 32.2. The molecule has 3 rings (SSSR count). The molecule has 0 spiro atoms. The third kappa shape index (κ3) is 3.82. The molecule has 11 nitrogen and oxygen atoms in total. The van der Waals surface area contributed by atoms with Crippen LogP contribution in [0.15, 0.2) is 52.2 Å². The molecule has 0 aliphatic carbocycles. The molecule has 3 aromatic rings. The van der Waals surface area contributed by atoms with E-state index in [0.717, 1.165) is 4.31 Å². The van der Waals surface area contributed by atoms with Crippen LogP contribution in [-0.2, 0) is 28.9 Å². The number of carbonyl (C=O) groups is 1. The topological polar surface area (TPSA) is 137 Å². The summed E-state index contributed by atoms with van der Waals surface area (Å²) in [5, 5.41) is 13.3. The Morgan fingerprint density at radius 1 is 1.13 bits per heavy atom. The Labute approximate surface area is 171 Å². The SMILES string of the molecule is CN(CC(=O)Nc1cccc([N+](=O)[O-])c1)S(=O)(=O)c1ccc2c(c1)n(C)c(=O)n2C. The number of imidazole rings is 1. The zero-order valence-corrected chi connectivity index (χ0v) is 17.2. The average molecular weight is 433 g/mol. The summed E-state index contributed by atoms with van der Waals surface area (Å²) < 4.78 is 29.3. The molecule has 0 saturated heterocycles. The monoisotopic (exact) mass is 433 g/mol. The molecule has 158 valence electrons. The van der Waals surface area contributed by atoms with Crippen molar-refractivity contribution in [3.8, 4) is 0 Å². The second-order valence-electron chi connectivity index (χ2n) is 6.67. The van der Waals surface area contributed by atoms with Crippen LogP contribution in [0.3, 0.4) is 0 Å². The van der Waals surface area contributed by atoms with Crippen LogP contribution in [0, 0.1) is 10.1 Å². The number of nitrogens with zero attached hydrogens (tertiary/aromatic N) is 4. The summed E-state index contributed by atoms with van der Waals surface area (Å²) in [6.07, 6.45) is 0. The van der Waals surface area contributed by atoms with Gasteiger partial charge in [0.05, 0.1) is 27.4 Å². The highest BCUT2D eigenvalue weighted by Gasteiger charge is 2.24. The van der Waals surface area contributed by atoms with Gasteiger partial charge in [-0.2, -0.15) is 4.31 Å². The van der Waals surface area contributed by atoms with E-state index in [1.807, 2.05) is 0 Å². The van der Waals surface area contributed by atoms with Gasteiger partial charge in [-0.05, 0) is 24.3 Å². The van der Waals surface area contributed by atoms with E-state index in [1.54, 1.807) is 7.05 Å². The van der Waals surface area contributed by atoms with E-state index in [0.29, 0.717) is 11.0 Å². The van der Waals surface area contributed by atoms with Gasteiger partial charge < -0.3 is 5.32 Å². The number of aryl methyl sites for hydroxylation is 2. The Bertz CT molecular complexity index is 1320. The normalized spacial score (nSPS) is 11.7. The minimum Gasteiger partial charge on any atom is -0.325 e. The number of anilines is 1. The Kier molecular flexibility index (Phi) is 5.46. The first-order valence-corrected chi connectivity index (χ1v) is 10.1. The Hall–Kier alpha value is -3.51. The lowest BCUT2D eigenvalue weighted by Crippen LogP contribution is -2.35. The number of carbonyl (C=O) groups excluding carboxylic acids is 1. The minimum absolute atomic E-state index is 0.0677. The second kappa shape index (κ2) is 7.72. The maximum absolute atomic E-state index is 12.9. The zero-order valence-electron chi connectivity index (χ0n) is 16.4. The Morgan fingerprint density at radius 3 is 2.47 bits per heavy atom. The van der Waals surface area contributed by atoms with Crippen molar-refractivity contribution < 1.29 is 18.1 Å². The quantitative estimate of drug-likeness (QED) is 0.456. The number of hydrogen-bond acceptors (Lipinski definition) is 6. The number of likely N-dealkylation sites (N-methyl/N-ethyl adjacent to an activating group) is 1. The zero-order chi connectivity index (χ0) is 22.2. The summed E-state index contributed by atoms with van der Waals surface area (Å²) in [5.74, 6) is -0.658. The van der Waals surface area contributed by atoms with Crippen molar-refractivity contribution in [2.75, 3.05) is 18.9 Å². The first-order chi connectivity index (χ1) is 14.0. The van der Waals surface area contributed by atoms with Crippen molar-refractivity contribution in [1.29, 1.82) is 0 Å². The van der Waals surface area contributed by atoms with E-state index in [1.165, 1.54) is 65.7 Å². The number of fused-ring (bicyclic) bond motifs is 1. The summed E-state index contributed by atoms with van der Waals surface area (Å²) in [7, 11) is 0.352. The van der Waals surface area contributed by atoms with Crippen molar-refractivity contribution in [3.05, 3.63) is 63.1 Å². The number of amides is 1. The van der Waals surface area contributed by atoms with E-state index in [4.69, 9.17) is 0 Å². The van der Waals surface area contributed by atoms with E-state index >= 15 is 0 Å². The molecule has 2 aromatic carbocycles. The number of sulfonamides is 1. The molecule has 1 aromatic heterocycles. The molecule has 0 unspecified atom stereocenters. The maximum Gasteiger partial charge on any atom is 0.328 e. The van der Waals surface area contributed by atoms with Crippen LogP contribution in [0.25, 0.3) is 11.0 Å². The van der Waals surface area contributed by atoms with Gasteiger partial charge in [0.1, 0.15) is 0 Å². The number of nitrogens with one attached hydrogen (secondary N) is 1. The number of aromatic nitrogens is 2. The molecular weight excluding hydrogens is 414 g/mol. The molecular formula is C18H19N5O6S. The lowest BCUT2D eigenvalue weighted by molar-refractivity contribution is -0.384. The van der Waals surface area contributed by atoms with E-state index in [9.17, 15) is 28.1 Å². The summed E-state index contributed by atoms with van der Waals surface area (Å²) in [5.41, 5.74) is 0.714. The van der Waals surface area contributed by atoms with E-state index in [-0.39, 0.29) is 22.0 Å². The third-order valence-corrected chi connectivity index (χ3v) is 6.46. The fourth-order valence-electron chi connectivity index (χ4n) is 3.01. The van der Waals surface area contributed by atoms with Crippen molar-refractivity contribution in [2.24, 2.45) is 14.1 Å². The van der Waals surface area contributed by atoms with E-state index in [2.05, 4.69) is 5.32 Å². The molecule has 1 N–H and O–H groups in total. The molecule has 30 heavy (non-hydrogen) atoms. The lowest BCUT2D eigenvalue weighted by Gasteiger charge is -2.17. The van der Waals surface area contributed by atoms with Crippen LogP contribution in [0.1, 0.15) is 0 Å². The molecule has 0 saturated carbocycles. The maximum atomic E-state index is 12.9. The summed E-state index contributed by atoms with van der Waals surface area (Å²) >= 11 is 0. The van der Waals surface area contributed by atoms with Gasteiger partial charge in [-0.15, -0.1) is 0 Å². The Balaban J connectivity index is 1.81. The molecule has 0 aliphatic heterocycles. The highest BCUT2D eigenvalue weighted by molar-refractivity contribution is 7.89. The van der Waals surface area contributed by atoms with Crippen LogP contribution < -0.4 is 11.0 Å². The molecule has 12 heteroatoms. The lowest BCUT2D eigenvalue weighted by atomic mass is 10.3. The van der Waals surface area contributed by atoms with Crippen LogP contribution in [-0.4, -0.2) is 46.3 Å². The summed E-state index contributed by atoms with van der Waals surface area (Å²) in [6, 6.07) is 9.60. The van der Waals surface area contributed by atoms with Crippen LogP contribution >= 0.6 is 0 Å². The first-order valence-electron chi connectivity index (χ1n) is 8.68. The van der Waals surface area contributed by atoms with Crippen molar-refractivity contribution in [1.82, 2.24) is 13.4 Å². The fourth-order valence-corrected chi connectivity index (χ4v) is 4.16. The smallest absolute Gasteiger partial charge is 0.325 e. The van der Waals surface area contributed by atoms with Crippen molar-refractivity contribution in [2.45, 2.75) is 4.90 Å². The predicted molar refractivity (Wildman–Crippen MR) is 110 cm³/mol. The summed E-state index contributed by atoms with van der Waals surface area (Å²) in [4.78, 5) is 34.5. The van der Waals surface area contributed by atoms with Gasteiger partial charge >= 0.3 is 5.69 Å². The molecule has 0 radical (unpaired) electrons.